The summed E-state index contributed by atoms with van der Waals surface area (Å²) >= 11 is 0. The molecule has 0 amide bonds. The molecule has 0 saturated carbocycles. The number of rotatable bonds is 6. The zero-order chi connectivity index (χ0) is 18.9. The van der Waals surface area contributed by atoms with E-state index in [4.69, 9.17) is 9.88 Å². The summed E-state index contributed by atoms with van der Waals surface area (Å²) in [6.45, 7) is 3.72. The van der Waals surface area contributed by atoms with Gasteiger partial charge in [0.15, 0.2) is 5.82 Å². The lowest BCUT2D eigenvalue weighted by Crippen LogP contribution is -2.52. The number of primary sulfonamides is 1. The van der Waals surface area contributed by atoms with Crippen molar-refractivity contribution < 1.29 is 22.5 Å². The normalized spacial score (nSPS) is 19.9. The predicted octanol–water partition coefficient (Wildman–Crippen LogP) is 0.904. The smallest absolute Gasteiger partial charge is 0.296 e. The number of likely N-dealkylation sites (tertiary alicyclic amines) is 1. The average Bonchev–Trinajstić information content (AvgIpc) is 2.51. The highest BCUT2D eigenvalue weighted by Crippen LogP contribution is 2.31. The molecule has 2 saturated heterocycles. The Balaban J connectivity index is 1.67. The summed E-state index contributed by atoms with van der Waals surface area (Å²) in [6, 6.07) is 1.96. The van der Waals surface area contributed by atoms with Crippen LogP contribution in [0.15, 0.2) is 17.0 Å². The maximum Gasteiger partial charge on any atom is 0.296 e. The van der Waals surface area contributed by atoms with E-state index < -0.39 is 31.3 Å². The molecule has 2 aliphatic rings. The van der Waals surface area contributed by atoms with Crippen LogP contribution in [0.2, 0.25) is 0 Å². The number of nitrogens with zero attached hydrogens (tertiary/aromatic N) is 2. The number of benzene rings is 1. The number of nitrogens with two attached hydrogens (primary N) is 1. The van der Waals surface area contributed by atoms with Crippen LogP contribution in [0.4, 0.5) is 15.8 Å². The number of anilines is 1. The van der Waals surface area contributed by atoms with Crippen molar-refractivity contribution >= 4 is 21.4 Å². The Kier molecular flexibility index (Phi) is 5.42. The van der Waals surface area contributed by atoms with Crippen LogP contribution in [0, 0.1) is 21.8 Å². The third-order valence-electron chi connectivity index (χ3n) is 4.92. The first kappa shape index (κ1) is 19.0. The van der Waals surface area contributed by atoms with Gasteiger partial charge in [-0.2, -0.15) is 0 Å². The predicted molar refractivity (Wildman–Crippen MR) is 91.8 cm³/mol. The SMILES string of the molecule is NS(=O)(=O)c1cc(F)c(NCC2CCN(C3COC3)CC2)c([N+](=O)[O-])c1. The van der Waals surface area contributed by atoms with Crippen LogP contribution < -0.4 is 10.5 Å². The molecule has 0 atom stereocenters. The summed E-state index contributed by atoms with van der Waals surface area (Å²) in [5, 5.41) is 18.9. The molecule has 144 valence electrons. The zero-order valence-electron chi connectivity index (χ0n) is 14.1. The second kappa shape index (κ2) is 7.43. The van der Waals surface area contributed by atoms with Crippen molar-refractivity contribution in [2.45, 2.75) is 23.8 Å². The van der Waals surface area contributed by atoms with E-state index in [-0.39, 0.29) is 11.6 Å². The van der Waals surface area contributed by atoms with Gasteiger partial charge < -0.3 is 10.1 Å². The second-order valence-corrected chi connectivity index (χ2v) is 8.21. The van der Waals surface area contributed by atoms with Crippen molar-refractivity contribution in [2.24, 2.45) is 11.1 Å². The van der Waals surface area contributed by atoms with Crippen molar-refractivity contribution in [2.75, 3.05) is 38.2 Å². The van der Waals surface area contributed by atoms with E-state index in [2.05, 4.69) is 10.2 Å². The fourth-order valence-electron chi connectivity index (χ4n) is 3.25. The molecule has 2 fully saturated rings. The van der Waals surface area contributed by atoms with E-state index in [1.54, 1.807) is 0 Å². The van der Waals surface area contributed by atoms with Gasteiger partial charge in [-0.05, 0) is 37.9 Å². The Morgan fingerprint density at radius 2 is 2.00 bits per heavy atom. The van der Waals surface area contributed by atoms with Crippen LogP contribution in [-0.2, 0) is 14.8 Å². The molecule has 3 rings (SSSR count). The molecule has 0 unspecified atom stereocenters. The Morgan fingerprint density at radius 1 is 1.35 bits per heavy atom. The minimum atomic E-state index is -4.23. The van der Waals surface area contributed by atoms with Crippen molar-refractivity contribution in [3.63, 3.8) is 0 Å². The van der Waals surface area contributed by atoms with Crippen molar-refractivity contribution in [3.8, 4) is 0 Å². The van der Waals surface area contributed by atoms with Crippen LogP contribution in [0.1, 0.15) is 12.8 Å². The van der Waals surface area contributed by atoms with Gasteiger partial charge in [-0.15, -0.1) is 0 Å². The van der Waals surface area contributed by atoms with Crippen LogP contribution >= 0.6 is 0 Å². The quantitative estimate of drug-likeness (QED) is 0.547. The molecule has 11 heteroatoms. The molecule has 0 aromatic heterocycles. The first-order valence-corrected chi connectivity index (χ1v) is 9.86. The van der Waals surface area contributed by atoms with Crippen molar-refractivity contribution in [1.29, 1.82) is 0 Å². The highest BCUT2D eigenvalue weighted by molar-refractivity contribution is 7.89. The Bertz CT molecular complexity index is 791. The molecule has 2 aliphatic heterocycles. The summed E-state index contributed by atoms with van der Waals surface area (Å²) in [6.07, 6.45) is 1.79. The Morgan fingerprint density at radius 3 is 2.50 bits per heavy atom. The molecule has 3 N–H and O–H groups in total. The van der Waals surface area contributed by atoms with Gasteiger partial charge in [-0.25, -0.2) is 17.9 Å². The van der Waals surface area contributed by atoms with E-state index in [0.29, 0.717) is 18.7 Å². The molecular formula is C15H21FN4O5S. The number of hydrogen-bond donors (Lipinski definition) is 2. The van der Waals surface area contributed by atoms with Gasteiger partial charge in [0, 0.05) is 12.6 Å². The Labute approximate surface area is 150 Å². The van der Waals surface area contributed by atoms with Gasteiger partial charge in [0.25, 0.3) is 5.69 Å². The lowest BCUT2D eigenvalue weighted by Gasteiger charge is -2.41. The van der Waals surface area contributed by atoms with Gasteiger partial charge in [-0.3, -0.25) is 15.0 Å². The number of nitro benzene ring substituents is 1. The molecule has 1 aromatic rings. The van der Waals surface area contributed by atoms with Gasteiger partial charge in [0.1, 0.15) is 5.69 Å². The van der Waals surface area contributed by atoms with E-state index in [1.807, 2.05) is 0 Å². The third kappa shape index (κ3) is 4.11. The third-order valence-corrected chi connectivity index (χ3v) is 5.81. The molecule has 2 heterocycles. The lowest BCUT2D eigenvalue weighted by molar-refractivity contribution is -0.384. The first-order chi connectivity index (χ1) is 12.3. The van der Waals surface area contributed by atoms with Gasteiger partial charge >= 0.3 is 0 Å². The molecule has 1 aromatic carbocycles. The van der Waals surface area contributed by atoms with Crippen LogP contribution in [0.3, 0.4) is 0 Å². The van der Waals surface area contributed by atoms with E-state index in [1.165, 1.54) is 0 Å². The van der Waals surface area contributed by atoms with Crippen molar-refractivity contribution in [1.82, 2.24) is 4.90 Å². The van der Waals surface area contributed by atoms with Crippen LogP contribution in [-0.4, -0.2) is 57.1 Å². The molecule has 26 heavy (non-hydrogen) atoms. The molecule has 0 bridgehead atoms. The Hall–Kier alpha value is -1.82. The highest BCUT2D eigenvalue weighted by atomic mass is 32.2. The van der Waals surface area contributed by atoms with E-state index in [9.17, 15) is 22.9 Å². The fourth-order valence-corrected chi connectivity index (χ4v) is 3.80. The first-order valence-electron chi connectivity index (χ1n) is 8.32. The van der Waals surface area contributed by atoms with Crippen molar-refractivity contribution in [3.05, 3.63) is 28.1 Å². The number of ether oxygens (including phenoxy) is 1. The molecule has 0 radical (unpaired) electrons. The number of sulfonamides is 1. The minimum Gasteiger partial charge on any atom is -0.378 e. The number of nitrogens with one attached hydrogen (secondary N) is 1. The fraction of sp³-hybridized carbons (Fsp3) is 0.600. The van der Waals surface area contributed by atoms with Crippen LogP contribution in [0.25, 0.3) is 0 Å². The summed E-state index contributed by atoms with van der Waals surface area (Å²) in [5.41, 5.74) is -0.949. The second-order valence-electron chi connectivity index (χ2n) is 6.65. The number of piperidine rings is 1. The summed E-state index contributed by atoms with van der Waals surface area (Å²) < 4.78 is 42.2. The topological polar surface area (TPSA) is 128 Å². The number of hydrogen-bond acceptors (Lipinski definition) is 7. The van der Waals surface area contributed by atoms with Crippen LogP contribution in [0.5, 0.6) is 0 Å². The summed E-state index contributed by atoms with van der Waals surface area (Å²) in [4.78, 5) is 12.1. The molecule has 9 nitrogen and oxygen atoms in total. The molecular weight excluding hydrogens is 367 g/mol. The highest BCUT2D eigenvalue weighted by Gasteiger charge is 2.30. The summed E-state index contributed by atoms with van der Waals surface area (Å²) in [7, 11) is -4.23. The number of halogens is 1. The van der Waals surface area contributed by atoms with Gasteiger partial charge in [0.05, 0.1) is 29.1 Å². The molecule has 0 aliphatic carbocycles. The average molecular weight is 388 g/mol. The standard InChI is InChI=1S/C15H21FN4O5S/c16-13-5-12(26(17,23)24)6-14(20(21)22)15(13)18-7-10-1-3-19(4-2-10)11-8-25-9-11/h5-6,10-11,18H,1-4,7-9H2,(H2,17,23,24). The summed E-state index contributed by atoms with van der Waals surface area (Å²) in [5.74, 6) is -0.753. The largest absolute Gasteiger partial charge is 0.378 e. The minimum absolute atomic E-state index is 0.254. The van der Waals surface area contributed by atoms with E-state index >= 15 is 0 Å². The maximum atomic E-state index is 14.3. The maximum absolute atomic E-state index is 14.3. The molecule has 0 spiro atoms. The van der Waals surface area contributed by atoms with Gasteiger partial charge in [0.2, 0.25) is 10.0 Å². The monoisotopic (exact) mass is 388 g/mol. The van der Waals surface area contributed by atoms with Gasteiger partial charge in [-0.1, -0.05) is 0 Å². The lowest BCUT2D eigenvalue weighted by atomic mass is 9.95. The number of nitro groups is 1. The van der Waals surface area contributed by atoms with E-state index in [0.717, 1.165) is 45.2 Å². The zero-order valence-corrected chi connectivity index (χ0v) is 14.9.